The average Bonchev–Trinajstić information content (AvgIpc) is 2.76. The summed E-state index contributed by atoms with van der Waals surface area (Å²) in [6.45, 7) is 2.64. The molecule has 18 heavy (non-hydrogen) atoms. The molecule has 2 heterocycles. The van der Waals surface area contributed by atoms with Crippen LogP contribution in [0.4, 0.5) is 0 Å². The number of carbonyl (C=O) groups is 1. The van der Waals surface area contributed by atoms with Crippen molar-refractivity contribution in [1.29, 1.82) is 0 Å². The first kappa shape index (κ1) is 13.4. The van der Waals surface area contributed by atoms with E-state index in [0.717, 1.165) is 32.5 Å². The van der Waals surface area contributed by atoms with E-state index >= 15 is 0 Å². The molecule has 1 unspecified atom stereocenters. The number of amides is 1. The predicted octanol–water partition coefficient (Wildman–Crippen LogP) is 1.99. The molecule has 4 heteroatoms. The topological polar surface area (TPSA) is 32.3 Å². The number of benzene rings is 1. The van der Waals surface area contributed by atoms with Gasteiger partial charge in [-0.2, -0.15) is 0 Å². The molecular formula is C14H19ClN2O. The van der Waals surface area contributed by atoms with Crippen LogP contribution in [0.3, 0.4) is 0 Å². The maximum atomic E-state index is 12.3. The SMILES string of the molecule is Cl.O=C(C1CNC1)N1CCCC1c1ccccc1. The van der Waals surface area contributed by atoms with E-state index in [1.54, 1.807) is 0 Å². The van der Waals surface area contributed by atoms with Gasteiger partial charge in [-0.25, -0.2) is 0 Å². The van der Waals surface area contributed by atoms with E-state index in [0.29, 0.717) is 11.9 Å². The minimum atomic E-state index is 0. The van der Waals surface area contributed by atoms with Gasteiger partial charge in [-0.1, -0.05) is 30.3 Å². The standard InChI is InChI=1S/C14H18N2O.ClH/c17-14(12-9-15-10-12)16-8-4-7-13(16)11-5-2-1-3-6-11;/h1-3,5-6,12-13,15H,4,7-10H2;1H. The van der Waals surface area contributed by atoms with Gasteiger partial charge in [0.1, 0.15) is 0 Å². The summed E-state index contributed by atoms with van der Waals surface area (Å²) in [5.41, 5.74) is 1.28. The normalized spacial score (nSPS) is 23.3. The molecule has 0 radical (unpaired) electrons. The predicted molar refractivity (Wildman–Crippen MR) is 73.7 cm³/mol. The van der Waals surface area contributed by atoms with E-state index in [-0.39, 0.29) is 18.3 Å². The Kier molecular flexibility index (Phi) is 4.25. The molecule has 1 amide bonds. The zero-order chi connectivity index (χ0) is 11.7. The number of hydrogen-bond acceptors (Lipinski definition) is 2. The Balaban J connectivity index is 0.00000120. The summed E-state index contributed by atoms with van der Waals surface area (Å²) < 4.78 is 0. The maximum Gasteiger partial charge on any atom is 0.228 e. The molecule has 0 aromatic heterocycles. The highest BCUT2D eigenvalue weighted by atomic mass is 35.5. The molecular weight excluding hydrogens is 248 g/mol. The van der Waals surface area contributed by atoms with Gasteiger partial charge in [0.2, 0.25) is 5.91 Å². The first-order valence-electron chi connectivity index (χ1n) is 6.42. The lowest BCUT2D eigenvalue weighted by atomic mass is 9.99. The molecule has 3 nitrogen and oxygen atoms in total. The summed E-state index contributed by atoms with van der Waals surface area (Å²) in [5, 5.41) is 3.17. The second kappa shape index (κ2) is 5.72. The van der Waals surface area contributed by atoms with E-state index in [1.165, 1.54) is 5.56 Å². The van der Waals surface area contributed by atoms with Crippen molar-refractivity contribution in [2.24, 2.45) is 5.92 Å². The van der Waals surface area contributed by atoms with Crippen molar-refractivity contribution >= 4 is 18.3 Å². The Bertz CT molecular complexity index is 406. The molecule has 0 aliphatic carbocycles. The molecule has 1 N–H and O–H groups in total. The van der Waals surface area contributed by atoms with Crippen LogP contribution in [0.2, 0.25) is 0 Å². The van der Waals surface area contributed by atoms with Gasteiger partial charge in [0.15, 0.2) is 0 Å². The van der Waals surface area contributed by atoms with E-state index < -0.39 is 0 Å². The van der Waals surface area contributed by atoms with E-state index in [4.69, 9.17) is 0 Å². The van der Waals surface area contributed by atoms with Gasteiger partial charge in [0.25, 0.3) is 0 Å². The lowest BCUT2D eigenvalue weighted by molar-refractivity contribution is -0.138. The smallest absolute Gasteiger partial charge is 0.228 e. The van der Waals surface area contributed by atoms with Crippen molar-refractivity contribution in [1.82, 2.24) is 10.2 Å². The van der Waals surface area contributed by atoms with Gasteiger partial charge < -0.3 is 10.2 Å². The second-order valence-corrected chi connectivity index (χ2v) is 4.96. The molecule has 0 bridgehead atoms. The van der Waals surface area contributed by atoms with Crippen molar-refractivity contribution < 1.29 is 4.79 Å². The fourth-order valence-corrected chi connectivity index (χ4v) is 2.75. The second-order valence-electron chi connectivity index (χ2n) is 4.96. The van der Waals surface area contributed by atoms with Gasteiger partial charge in [-0.15, -0.1) is 12.4 Å². The largest absolute Gasteiger partial charge is 0.335 e. The van der Waals surface area contributed by atoms with Crippen LogP contribution in [0.25, 0.3) is 0 Å². The molecule has 0 saturated carbocycles. The van der Waals surface area contributed by atoms with Crippen LogP contribution in [0, 0.1) is 5.92 Å². The van der Waals surface area contributed by atoms with Gasteiger partial charge >= 0.3 is 0 Å². The summed E-state index contributed by atoms with van der Waals surface area (Å²) in [4.78, 5) is 14.4. The number of halogens is 1. The number of hydrogen-bond donors (Lipinski definition) is 1. The quantitative estimate of drug-likeness (QED) is 0.888. The van der Waals surface area contributed by atoms with Gasteiger partial charge in [0, 0.05) is 19.6 Å². The van der Waals surface area contributed by atoms with Gasteiger partial charge in [0.05, 0.1) is 12.0 Å². The molecule has 2 fully saturated rings. The Morgan fingerprint density at radius 3 is 2.56 bits per heavy atom. The monoisotopic (exact) mass is 266 g/mol. The first-order chi connectivity index (χ1) is 8.36. The van der Waals surface area contributed by atoms with Crippen LogP contribution in [0.5, 0.6) is 0 Å². The molecule has 98 valence electrons. The highest BCUT2D eigenvalue weighted by Gasteiger charge is 2.35. The molecule has 1 atom stereocenters. The Hall–Kier alpha value is -1.06. The van der Waals surface area contributed by atoms with E-state index in [1.807, 2.05) is 6.07 Å². The third kappa shape index (κ3) is 2.38. The van der Waals surface area contributed by atoms with Crippen molar-refractivity contribution in [2.45, 2.75) is 18.9 Å². The highest BCUT2D eigenvalue weighted by Crippen LogP contribution is 2.33. The Morgan fingerprint density at radius 1 is 1.22 bits per heavy atom. The van der Waals surface area contributed by atoms with Crippen LogP contribution < -0.4 is 5.32 Å². The van der Waals surface area contributed by atoms with Crippen LogP contribution in [-0.4, -0.2) is 30.4 Å². The number of nitrogens with zero attached hydrogens (tertiary/aromatic N) is 1. The van der Waals surface area contributed by atoms with Crippen molar-refractivity contribution in [3.63, 3.8) is 0 Å². The molecule has 0 spiro atoms. The fraction of sp³-hybridized carbons (Fsp3) is 0.500. The van der Waals surface area contributed by atoms with Gasteiger partial charge in [-0.3, -0.25) is 4.79 Å². The summed E-state index contributed by atoms with van der Waals surface area (Å²) in [6.07, 6.45) is 2.24. The minimum Gasteiger partial charge on any atom is -0.335 e. The Morgan fingerprint density at radius 2 is 1.94 bits per heavy atom. The summed E-state index contributed by atoms with van der Waals surface area (Å²) in [7, 11) is 0. The Labute approximate surface area is 114 Å². The summed E-state index contributed by atoms with van der Waals surface area (Å²) in [5.74, 6) is 0.564. The fourth-order valence-electron chi connectivity index (χ4n) is 2.75. The van der Waals surface area contributed by atoms with Crippen molar-refractivity contribution in [2.75, 3.05) is 19.6 Å². The highest BCUT2D eigenvalue weighted by molar-refractivity contribution is 5.85. The molecule has 2 aliphatic rings. The number of nitrogens with one attached hydrogen (secondary N) is 1. The van der Waals surface area contributed by atoms with E-state index in [9.17, 15) is 4.79 Å². The molecule has 2 saturated heterocycles. The van der Waals surface area contributed by atoms with E-state index in [2.05, 4.69) is 34.5 Å². The number of carbonyl (C=O) groups excluding carboxylic acids is 1. The third-order valence-electron chi connectivity index (χ3n) is 3.85. The van der Waals surface area contributed by atoms with Crippen LogP contribution in [0.1, 0.15) is 24.4 Å². The molecule has 3 rings (SSSR count). The number of rotatable bonds is 2. The van der Waals surface area contributed by atoms with Crippen LogP contribution in [0.15, 0.2) is 30.3 Å². The van der Waals surface area contributed by atoms with Crippen molar-refractivity contribution in [3.05, 3.63) is 35.9 Å². The lowest BCUT2D eigenvalue weighted by Gasteiger charge is -2.33. The minimum absolute atomic E-state index is 0. The lowest BCUT2D eigenvalue weighted by Crippen LogP contribution is -2.51. The first-order valence-corrected chi connectivity index (χ1v) is 6.42. The van der Waals surface area contributed by atoms with Gasteiger partial charge in [-0.05, 0) is 18.4 Å². The summed E-state index contributed by atoms with van der Waals surface area (Å²) in [6, 6.07) is 10.7. The number of likely N-dealkylation sites (tertiary alicyclic amines) is 1. The molecule has 2 aliphatic heterocycles. The third-order valence-corrected chi connectivity index (χ3v) is 3.85. The maximum absolute atomic E-state index is 12.3. The molecule has 1 aromatic carbocycles. The zero-order valence-corrected chi connectivity index (χ0v) is 11.2. The van der Waals surface area contributed by atoms with Crippen LogP contribution >= 0.6 is 12.4 Å². The van der Waals surface area contributed by atoms with Crippen LogP contribution in [-0.2, 0) is 4.79 Å². The van der Waals surface area contributed by atoms with Crippen molar-refractivity contribution in [3.8, 4) is 0 Å². The molecule has 1 aromatic rings. The zero-order valence-electron chi connectivity index (χ0n) is 10.3. The summed E-state index contributed by atoms with van der Waals surface area (Å²) >= 11 is 0. The average molecular weight is 267 g/mol.